The lowest BCUT2D eigenvalue weighted by atomic mass is 9.89. The highest BCUT2D eigenvalue weighted by Crippen LogP contribution is 2.25. The Labute approximate surface area is 105 Å². The van der Waals surface area contributed by atoms with Crippen LogP contribution in [0.25, 0.3) is 0 Å². The molecule has 0 fully saturated rings. The van der Waals surface area contributed by atoms with Gasteiger partial charge >= 0.3 is 0 Å². The minimum absolute atomic E-state index is 0.510. The van der Waals surface area contributed by atoms with Crippen molar-refractivity contribution in [2.24, 2.45) is 0 Å². The van der Waals surface area contributed by atoms with Crippen LogP contribution in [0.5, 0.6) is 0 Å². The molecular formula is C15H24O2. The summed E-state index contributed by atoms with van der Waals surface area (Å²) in [4.78, 5) is 0. The van der Waals surface area contributed by atoms with Crippen LogP contribution in [0.3, 0.4) is 0 Å². The quantitative estimate of drug-likeness (QED) is 0.769. The van der Waals surface area contributed by atoms with Crippen LogP contribution in [0.4, 0.5) is 0 Å². The first-order valence-electron chi connectivity index (χ1n) is 6.23. The number of ether oxygens (including phenoxy) is 1. The summed E-state index contributed by atoms with van der Waals surface area (Å²) in [6.07, 6.45) is 1.99. The smallest absolute Gasteiger partial charge is 0.0906 e. The van der Waals surface area contributed by atoms with E-state index in [1.165, 1.54) is 5.56 Å². The molecule has 0 unspecified atom stereocenters. The van der Waals surface area contributed by atoms with E-state index in [1.54, 1.807) is 13.8 Å². The fourth-order valence-electron chi connectivity index (χ4n) is 1.42. The molecule has 2 heteroatoms. The zero-order chi connectivity index (χ0) is 12.9. The van der Waals surface area contributed by atoms with E-state index in [9.17, 15) is 5.11 Å². The Hall–Kier alpha value is -0.860. The Kier molecular flexibility index (Phi) is 4.72. The van der Waals surface area contributed by atoms with Gasteiger partial charge in [0.15, 0.2) is 0 Å². The fourth-order valence-corrected chi connectivity index (χ4v) is 1.42. The van der Waals surface area contributed by atoms with Crippen molar-refractivity contribution in [2.45, 2.75) is 51.7 Å². The molecule has 0 bridgehead atoms. The molecule has 2 nitrogen and oxygen atoms in total. The van der Waals surface area contributed by atoms with Crippen molar-refractivity contribution < 1.29 is 9.84 Å². The Bertz CT molecular complexity index is 323. The maximum Gasteiger partial charge on any atom is 0.0906 e. The lowest BCUT2D eigenvalue weighted by Gasteiger charge is -2.37. The molecule has 0 saturated carbocycles. The molecule has 0 aliphatic rings. The van der Waals surface area contributed by atoms with E-state index in [0.717, 1.165) is 12.8 Å². The number of benzene rings is 1. The summed E-state index contributed by atoms with van der Waals surface area (Å²) in [6, 6.07) is 10.4. The van der Waals surface area contributed by atoms with Gasteiger partial charge in [-0.1, -0.05) is 30.3 Å². The monoisotopic (exact) mass is 236 g/mol. The second kappa shape index (κ2) is 5.65. The van der Waals surface area contributed by atoms with E-state index in [1.807, 2.05) is 19.9 Å². The number of aliphatic hydroxyl groups is 1. The molecule has 0 aliphatic carbocycles. The van der Waals surface area contributed by atoms with Crippen molar-refractivity contribution >= 4 is 0 Å². The van der Waals surface area contributed by atoms with Gasteiger partial charge in [-0.2, -0.15) is 0 Å². The average molecular weight is 236 g/mol. The Balaban J connectivity index is 2.30. The molecule has 1 aromatic carbocycles. The van der Waals surface area contributed by atoms with Crippen LogP contribution >= 0.6 is 0 Å². The summed E-state index contributed by atoms with van der Waals surface area (Å²) < 4.78 is 5.77. The van der Waals surface area contributed by atoms with Gasteiger partial charge in [-0.3, -0.25) is 0 Å². The molecule has 0 aliphatic heterocycles. The van der Waals surface area contributed by atoms with Gasteiger partial charge < -0.3 is 9.84 Å². The molecule has 1 rings (SSSR count). The Morgan fingerprint density at radius 2 is 1.65 bits per heavy atom. The number of hydrogen-bond donors (Lipinski definition) is 1. The SMILES string of the molecule is CC(C)(O)C(C)(C)OCCCc1ccccc1. The molecular weight excluding hydrogens is 212 g/mol. The molecule has 96 valence electrons. The molecule has 0 amide bonds. The predicted octanol–water partition coefficient (Wildman–Crippen LogP) is 3.19. The largest absolute Gasteiger partial charge is 0.387 e. The van der Waals surface area contributed by atoms with Crippen LogP contribution in [0, 0.1) is 0 Å². The van der Waals surface area contributed by atoms with E-state index in [-0.39, 0.29) is 0 Å². The first kappa shape index (κ1) is 14.2. The van der Waals surface area contributed by atoms with Crippen LogP contribution < -0.4 is 0 Å². The van der Waals surface area contributed by atoms with Gasteiger partial charge in [0.05, 0.1) is 11.2 Å². The third kappa shape index (κ3) is 4.49. The maximum atomic E-state index is 9.94. The summed E-state index contributed by atoms with van der Waals surface area (Å²) in [6.45, 7) is 8.09. The van der Waals surface area contributed by atoms with Crippen LogP contribution in [0.15, 0.2) is 30.3 Å². The average Bonchev–Trinajstić information content (AvgIpc) is 2.24. The van der Waals surface area contributed by atoms with Gasteiger partial charge in [0, 0.05) is 6.61 Å². The van der Waals surface area contributed by atoms with Crippen molar-refractivity contribution in [3.8, 4) is 0 Å². The zero-order valence-electron chi connectivity index (χ0n) is 11.4. The van der Waals surface area contributed by atoms with Crippen molar-refractivity contribution in [1.29, 1.82) is 0 Å². The van der Waals surface area contributed by atoms with Gasteiger partial charge in [0.1, 0.15) is 0 Å². The van der Waals surface area contributed by atoms with Crippen LogP contribution in [-0.2, 0) is 11.2 Å². The van der Waals surface area contributed by atoms with Crippen molar-refractivity contribution in [1.82, 2.24) is 0 Å². The van der Waals surface area contributed by atoms with Gasteiger partial charge in [0.25, 0.3) is 0 Å². The standard InChI is InChI=1S/C15H24O2/c1-14(2,16)15(3,4)17-12-8-11-13-9-6-5-7-10-13/h5-7,9-10,16H,8,11-12H2,1-4H3. The van der Waals surface area contributed by atoms with Gasteiger partial charge in [-0.05, 0) is 46.1 Å². The van der Waals surface area contributed by atoms with E-state index < -0.39 is 11.2 Å². The summed E-state index contributed by atoms with van der Waals surface area (Å²) in [5, 5.41) is 9.94. The molecule has 0 atom stereocenters. The first-order chi connectivity index (χ1) is 7.83. The second-order valence-electron chi connectivity index (χ2n) is 5.51. The van der Waals surface area contributed by atoms with E-state index in [4.69, 9.17) is 4.74 Å². The van der Waals surface area contributed by atoms with Crippen molar-refractivity contribution in [3.05, 3.63) is 35.9 Å². The van der Waals surface area contributed by atoms with E-state index in [0.29, 0.717) is 6.61 Å². The van der Waals surface area contributed by atoms with E-state index >= 15 is 0 Å². The molecule has 1 aromatic rings. The lowest BCUT2D eigenvalue weighted by Crippen LogP contribution is -2.47. The summed E-state index contributed by atoms with van der Waals surface area (Å²) in [5.74, 6) is 0. The van der Waals surface area contributed by atoms with Crippen molar-refractivity contribution in [2.75, 3.05) is 6.61 Å². The highest BCUT2D eigenvalue weighted by molar-refractivity contribution is 5.14. The summed E-state index contributed by atoms with van der Waals surface area (Å²) >= 11 is 0. The first-order valence-corrected chi connectivity index (χ1v) is 6.23. The maximum absolute atomic E-state index is 9.94. The van der Waals surface area contributed by atoms with E-state index in [2.05, 4.69) is 24.3 Å². The molecule has 17 heavy (non-hydrogen) atoms. The molecule has 1 N–H and O–H groups in total. The third-order valence-electron chi connectivity index (χ3n) is 3.39. The fraction of sp³-hybridized carbons (Fsp3) is 0.600. The molecule has 0 heterocycles. The minimum Gasteiger partial charge on any atom is -0.387 e. The van der Waals surface area contributed by atoms with Crippen LogP contribution in [-0.4, -0.2) is 22.9 Å². The summed E-state index contributed by atoms with van der Waals surface area (Å²) in [7, 11) is 0. The molecule has 0 saturated heterocycles. The van der Waals surface area contributed by atoms with Gasteiger partial charge in [0.2, 0.25) is 0 Å². The Morgan fingerprint density at radius 3 is 2.18 bits per heavy atom. The number of hydrogen-bond acceptors (Lipinski definition) is 2. The molecule has 0 aromatic heterocycles. The highest BCUT2D eigenvalue weighted by Gasteiger charge is 2.35. The van der Waals surface area contributed by atoms with Gasteiger partial charge in [-0.25, -0.2) is 0 Å². The third-order valence-corrected chi connectivity index (χ3v) is 3.39. The van der Waals surface area contributed by atoms with Gasteiger partial charge in [-0.15, -0.1) is 0 Å². The predicted molar refractivity (Wildman–Crippen MR) is 71.1 cm³/mol. The van der Waals surface area contributed by atoms with Crippen molar-refractivity contribution in [3.63, 3.8) is 0 Å². The normalized spacial score (nSPS) is 12.8. The molecule has 0 spiro atoms. The topological polar surface area (TPSA) is 29.5 Å². The minimum atomic E-state index is -0.820. The number of rotatable bonds is 6. The van der Waals surface area contributed by atoms with Crippen LogP contribution in [0.2, 0.25) is 0 Å². The number of aryl methyl sites for hydroxylation is 1. The second-order valence-corrected chi connectivity index (χ2v) is 5.51. The van der Waals surface area contributed by atoms with Crippen LogP contribution in [0.1, 0.15) is 39.7 Å². The Morgan fingerprint density at radius 1 is 1.06 bits per heavy atom. The lowest BCUT2D eigenvalue weighted by molar-refractivity contribution is -0.147. The highest BCUT2D eigenvalue weighted by atomic mass is 16.5. The zero-order valence-corrected chi connectivity index (χ0v) is 11.4. The molecule has 0 radical (unpaired) electrons. The summed E-state index contributed by atoms with van der Waals surface area (Å²) in [5.41, 5.74) is 0.000782.